The summed E-state index contributed by atoms with van der Waals surface area (Å²) in [5.41, 5.74) is 8.27. The van der Waals surface area contributed by atoms with Crippen LogP contribution < -0.4 is 15.8 Å². The first-order chi connectivity index (χ1) is 23.7. The maximum absolute atomic E-state index is 13.7. The maximum atomic E-state index is 13.7. The Morgan fingerprint density at radius 3 is 2.30 bits per heavy atom. The summed E-state index contributed by atoms with van der Waals surface area (Å²) in [6.45, 7) is 5.69. The van der Waals surface area contributed by atoms with Gasteiger partial charge in [-0.15, -0.1) is 0 Å². The minimum absolute atomic E-state index is 0.00649. The van der Waals surface area contributed by atoms with Crippen LogP contribution in [0.15, 0.2) is 82.6 Å². The van der Waals surface area contributed by atoms with E-state index in [9.17, 15) is 27.0 Å². The van der Waals surface area contributed by atoms with E-state index in [4.69, 9.17) is 15.2 Å². The molecule has 1 saturated carbocycles. The van der Waals surface area contributed by atoms with Crippen molar-refractivity contribution in [3.05, 3.63) is 78.4 Å². The van der Waals surface area contributed by atoms with Gasteiger partial charge in [0.15, 0.2) is 9.84 Å². The van der Waals surface area contributed by atoms with Crippen molar-refractivity contribution in [1.82, 2.24) is 9.62 Å². The lowest BCUT2D eigenvalue weighted by atomic mass is 9.84. The van der Waals surface area contributed by atoms with E-state index >= 15 is 0 Å². The Balaban J connectivity index is 0.981. The molecule has 1 spiro atoms. The van der Waals surface area contributed by atoms with Crippen molar-refractivity contribution in [2.75, 3.05) is 46.0 Å². The number of hydrogen-bond donors (Lipinski definition) is 4. The average Bonchev–Trinajstić information content (AvgIpc) is 3.86. The zero-order chi connectivity index (χ0) is 35.8. The fourth-order valence-electron chi connectivity index (χ4n) is 6.86. The molecule has 0 unspecified atom stereocenters. The zero-order valence-corrected chi connectivity index (χ0v) is 30.4. The number of hydrogen-bond acceptors (Lipinski definition) is 10. The van der Waals surface area contributed by atoms with Gasteiger partial charge in [-0.3, -0.25) is 0 Å². The Bertz CT molecular complexity index is 1870. The normalized spacial score (nSPS) is 21.3. The van der Waals surface area contributed by atoms with Crippen molar-refractivity contribution in [2.45, 2.75) is 83.7 Å². The van der Waals surface area contributed by atoms with Crippen LogP contribution in [0.3, 0.4) is 0 Å². The summed E-state index contributed by atoms with van der Waals surface area (Å²) in [5, 5.41) is 23.5. The van der Waals surface area contributed by atoms with Crippen molar-refractivity contribution < 1.29 is 36.5 Å². The third-order valence-corrected chi connectivity index (χ3v) is 15.1. The van der Waals surface area contributed by atoms with Crippen LogP contribution in [0.2, 0.25) is 0 Å². The molecule has 3 aliphatic rings. The van der Waals surface area contributed by atoms with Gasteiger partial charge in [-0.1, -0.05) is 56.3 Å². The number of piperidine rings is 1. The molecule has 0 bridgehead atoms. The molecular formula is C37H49N3O8S2. The van der Waals surface area contributed by atoms with Crippen molar-refractivity contribution in [3.8, 4) is 16.9 Å². The number of rotatable bonds is 14. The number of aliphatic hydroxyl groups is 2. The fourth-order valence-corrected chi connectivity index (χ4v) is 10.2. The molecule has 50 heavy (non-hydrogen) atoms. The lowest BCUT2D eigenvalue weighted by molar-refractivity contribution is -0.0312. The number of nitrogens with zero attached hydrogens (tertiary/aromatic N) is 1. The Morgan fingerprint density at radius 2 is 1.64 bits per heavy atom. The van der Waals surface area contributed by atoms with Crippen LogP contribution in [-0.2, 0) is 30.0 Å². The number of nitrogens with two attached hydrogens (primary N) is 1. The van der Waals surface area contributed by atoms with E-state index in [0.29, 0.717) is 64.1 Å². The third kappa shape index (κ3) is 7.51. The predicted octanol–water partition coefficient (Wildman–Crippen LogP) is 3.23. The van der Waals surface area contributed by atoms with Gasteiger partial charge in [-0.2, -0.15) is 4.31 Å². The van der Waals surface area contributed by atoms with E-state index in [1.54, 1.807) is 34.6 Å². The number of sulfonamides is 1. The van der Waals surface area contributed by atoms with Gasteiger partial charge in [-0.25, -0.2) is 16.8 Å². The highest BCUT2D eigenvalue weighted by Crippen LogP contribution is 2.46. The topological polar surface area (TPSA) is 168 Å². The minimum Gasteiger partial charge on any atom is -0.491 e. The summed E-state index contributed by atoms with van der Waals surface area (Å²) >= 11 is 0. The second-order valence-electron chi connectivity index (χ2n) is 14.7. The lowest BCUT2D eigenvalue weighted by Gasteiger charge is -2.38. The molecule has 2 heterocycles. The number of ether oxygens (including phenoxy) is 2. The summed E-state index contributed by atoms with van der Waals surface area (Å²) in [4.78, 5) is 0.370. The minimum atomic E-state index is -3.70. The van der Waals surface area contributed by atoms with Gasteiger partial charge >= 0.3 is 0 Å². The fraction of sp³-hybridized carbons (Fsp3) is 0.514. The second kappa shape index (κ2) is 14.3. The Hall–Kier alpha value is -2.88. The Kier molecular flexibility index (Phi) is 10.5. The molecule has 0 amide bonds. The van der Waals surface area contributed by atoms with Crippen LogP contribution in [-0.4, -0.2) is 99.8 Å². The molecule has 0 aromatic heterocycles. The van der Waals surface area contributed by atoms with Crippen molar-refractivity contribution in [1.29, 1.82) is 0 Å². The molecule has 1 aliphatic carbocycles. The quantitative estimate of drug-likeness (QED) is 0.194. The van der Waals surface area contributed by atoms with E-state index in [1.807, 2.05) is 30.3 Å². The summed E-state index contributed by atoms with van der Waals surface area (Å²) in [6, 6.07) is 21.4. The highest BCUT2D eigenvalue weighted by Gasteiger charge is 2.54. The van der Waals surface area contributed by atoms with Crippen molar-refractivity contribution in [2.24, 2.45) is 5.73 Å². The standard InChI is InChI=1S/C37H49N3O8S2/c1-35(2,25-38)29-11-9-27(10-12-29)28-5-3-8-34(19-28)50(45,46)40-17-15-36(16-18-40)21-30(23-48-36)39-22-31(42)24-47-32-6-4-7-33(20-32)49(43,44)37(26-41)13-14-37/h3-12,19-20,30-31,39,41-42H,13-18,21-26,38H2,1-2H3/t30-,31-/m0/s1. The van der Waals surface area contributed by atoms with Crippen LogP contribution in [0, 0.1) is 0 Å². The number of aliphatic hydroxyl groups excluding tert-OH is 2. The maximum Gasteiger partial charge on any atom is 0.243 e. The van der Waals surface area contributed by atoms with Gasteiger partial charge in [0.05, 0.1) is 33.4 Å². The number of sulfone groups is 1. The van der Waals surface area contributed by atoms with E-state index in [-0.39, 0.29) is 34.4 Å². The molecule has 3 aromatic rings. The van der Waals surface area contributed by atoms with Crippen LogP contribution >= 0.6 is 0 Å². The van der Waals surface area contributed by atoms with E-state index in [2.05, 4.69) is 19.2 Å². The number of nitrogens with one attached hydrogen (secondary N) is 1. The molecule has 272 valence electrons. The molecule has 5 N–H and O–H groups in total. The largest absolute Gasteiger partial charge is 0.491 e. The van der Waals surface area contributed by atoms with Gasteiger partial charge in [-0.05, 0) is 79.1 Å². The van der Waals surface area contributed by atoms with Crippen LogP contribution in [0.1, 0.15) is 51.5 Å². The molecule has 3 fully saturated rings. The molecule has 2 saturated heterocycles. The predicted molar refractivity (Wildman–Crippen MR) is 191 cm³/mol. The molecule has 0 radical (unpaired) electrons. The van der Waals surface area contributed by atoms with E-state index in [1.165, 1.54) is 12.1 Å². The summed E-state index contributed by atoms with van der Waals surface area (Å²) in [6.07, 6.45) is 1.87. The lowest BCUT2D eigenvalue weighted by Crippen LogP contribution is -2.47. The Labute approximate surface area is 295 Å². The summed E-state index contributed by atoms with van der Waals surface area (Å²) in [7, 11) is -7.38. The van der Waals surface area contributed by atoms with Gasteiger partial charge in [0, 0.05) is 37.6 Å². The smallest absolute Gasteiger partial charge is 0.243 e. The Morgan fingerprint density at radius 1 is 0.960 bits per heavy atom. The SMILES string of the molecule is CC(C)(CN)c1ccc(-c2cccc(S(=O)(=O)N3CCC4(CC3)C[C@H](NC[C@H](O)COc3cccc(S(=O)(=O)C5(CO)CC5)c3)CO4)c2)cc1. The summed E-state index contributed by atoms with van der Waals surface area (Å²) < 4.78 is 65.7. The van der Waals surface area contributed by atoms with Crippen molar-refractivity contribution >= 4 is 19.9 Å². The molecular weight excluding hydrogens is 679 g/mol. The highest BCUT2D eigenvalue weighted by molar-refractivity contribution is 7.93. The second-order valence-corrected chi connectivity index (χ2v) is 19.0. The van der Waals surface area contributed by atoms with Gasteiger partial charge in [0.25, 0.3) is 0 Å². The number of benzene rings is 3. The molecule has 3 aromatic carbocycles. The van der Waals surface area contributed by atoms with E-state index < -0.39 is 42.9 Å². The molecule has 6 rings (SSSR count). The van der Waals surface area contributed by atoms with Gasteiger partial charge < -0.3 is 30.7 Å². The van der Waals surface area contributed by atoms with Crippen LogP contribution in [0.5, 0.6) is 5.75 Å². The average molecular weight is 728 g/mol. The molecule has 2 aliphatic heterocycles. The third-order valence-electron chi connectivity index (χ3n) is 10.7. The molecule has 2 atom stereocenters. The van der Waals surface area contributed by atoms with E-state index in [0.717, 1.165) is 16.7 Å². The van der Waals surface area contributed by atoms with Gasteiger partial charge in [0.2, 0.25) is 10.0 Å². The zero-order valence-electron chi connectivity index (χ0n) is 28.8. The highest BCUT2D eigenvalue weighted by atomic mass is 32.2. The van der Waals surface area contributed by atoms with Gasteiger partial charge in [0.1, 0.15) is 18.5 Å². The molecule has 13 heteroatoms. The summed E-state index contributed by atoms with van der Waals surface area (Å²) in [5.74, 6) is 0.330. The van der Waals surface area contributed by atoms with Crippen LogP contribution in [0.4, 0.5) is 0 Å². The van der Waals surface area contributed by atoms with Crippen LogP contribution in [0.25, 0.3) is 11.1 Å². The monoisotopic (exact) mass is 727 g/mol. The van der Waals surface area contributed by atoms with Crippen molar-refractivity contribution in [3.63, 3.8) is 0 Å². The first-order valence-electron chi connectivity index (χ1n) is 17.3. The first kappa shape index (κ1) is 36.9. The molecule has 11 nitrogen and oxygen atoms in total. The first-order valence-corrected chi connectivity index (χ1v) is 20.2.